The van der Waals surface area contributed by atoms with E-state index in [1.54, 1.807) is 0 Å². The summed E-state index contributed by atoms with van der Waals surface area (Å²) in [7, 11) is 2.13. The third kappa shape index (κ3) is 1.83. The second-order valence-corrected chi connectivity index (χ2v) is 7.22. The van der Waals surface area contributed by atoms with Gasteiger partial charge in [-0.05, 0) is 42.8 Å². The number of hydrogen-bond acceptors (Lipinski definition) is 6. The van der Waals surface area contributed by atoms with Crippen LogP contribution in [0.2, 0.25) is 0 Å². The monoisotopic (exact) mass is 353 g/mol. The molecule has 0 bridgehead atoms. The summed E-state index contributed by atoms with van der Waals surface area (Å²) in [6.45, 7) is 2.00. The Morgan fingerprint density at radius 3 is 2.65 bits per heavy atom. The Hall–Kier alpha value is -2.44. The lowest BCUT2D eigenvalue weighted by Gasteiger charge is -2.48. The van der Waals surface area contributed by atoms with Crippen LogP contribution in [-0.2, 0) is 29.9 Å². The van der Waals surface area contributed by atoms with Gasteiger partial charge in [0.15, 0.2) is 28.7 Å². The smallest absolute Gasteiger partial charge is 0.231 e. The highest BCUT2D eigenvalue weighted by Crippen LogP contribution is 2.49. The summed E-state index contributed by atoms with van der Waals surface area (Å²) < 4.78 is 28.9. The Morgan fingerprint density at radius 1 is 0.923 bits per heavy atom. The van der Waals surface area contributed by atoms with Crippen LogP contribution in [0.3, 0.4) is 0 Å². The molecular weight excluding hydrogens is 334 g/mol. The molecule has 0 fully saturated rings. The van der Waals surface area contributed by atoms with E-state index in [2.05, 4.69) is 30.1 Å². The fraction of sp³-hybridized carbons (Fsp3) is 0.400. The Kier molecular flexibility index (Phi) is 2.86. The molecule has 4 aliphatic rings. The third-order valence-electron chi connectivity index (χ3n) is 5.98. The minimum Gasteiger partial charge on any atom is -0.454 e. The molecule has 4 heterocycles. The van der Waals surface area contributed by atoms with Crippen LogP contribution < -0.4 is 18.9 Å². The van der Waals surface area contributed by atoms with Gasteiger partial charge in [0, 0.05) is 24.1 Å². The van der Waals surface area contributed by atoms with Gasteiger partial charge < -0.3 is 23.7 Å². The van der Waals surface area contributed by atoms with Crippen LogP contribution in [0.4, 0.5) is 0 Å². The second kappa shape index (κ2) is 5.05. The first-order valence-electron chi connectivity index (χ1n) is 8.93. The van der Waals surface area contributed by atoms with E-state index < -0.39 is 5.72 Å². The third-order valence-corrected chi connectivity index (χ3v) is 5.98. The van der Waals surface area contributed by atoms with Gasteiger partial charge in [0.2, 0.25) is 13.6 Å². The van der Waals surface area contributed by atoms with Crippen LogP contribution in [0.25, 0.3) is 0 Å². The van der Waals surface area contributed by atoms with E-state index >= 15 is 0 Å². The Morgan fingerprint density at radius 2 is 1.73 bits per heavy atom. The van der Waals surface area contributed by atoms with Gasteiger partial charge in [-0.2, -0.15) is 0 Å². The molecule has 4 aliphatic heterocycles. The van der Waals surface area contributed by atoms with Crippen molar-refractivity contribution in [3.05, 3.63) is 46.5 Å². The average Bonchev–Trinajstić information content (AvgIpc) is 3.32. The molecule has 6 nitrogen and oxygen atoms in total. The van der Waals surface area contributed by atoms with Gasteiger partial charge in [0.25, 0.3) is 0 Å². The van der Waals surface area contributed by atoms with Crippen LogP contribution >= 0.6 is 0 Å². The van der Waals surface area contributed by atoms with Crippen LogP contribution in [-0.4, -0.2) is 32.1 Å². The maximum Gasteiger partial charge on any atom is 0.231 e. The van der Waals surface area contributed by atoms with E-state index in [4.69, 9.17) is 23.7 Å². The van der Waals surface area contributed by atoms with E-state index in [1.165, 1.54) is 16.7 Å². The minimum absolute atomic E-state index is 0.281. The quantitative estimate of drug-likeness (QED) is 0.726. The van der Waals surface area contributed by atoms with Gasteiger partial charge in [0.05, 0.1) is 6.61 Å². The molecule has 134 valence electrons. The maximum atomic E-state index is 6.55. The van der Waals surface area contributed by atoms with E-state index in [-0.39, 0.29) is 13.6 Å². The molecule has 2 aromatic carbocycles. The van der Waals surface area contributed by atoms with Crippen molar-refractivity contribution in [2.24, 2.45) is 0 Å². The Bertz CT molecular complexity index is 927. The van der Waals surface area contributed by atoms with Gasteiger partial charge in [-0.25, -0.2) is 0 Å². The van der Waals surface area contributed by atoms with Crippen molar-refractivity contribution >= 4 is 0 Å². The first-order chi connectivity index (χ1) is 12.7. The number of hydrogen-bond donors (Lipinski definition) is 0. The summed E-state index contributed by atoms with van der Waals surface area (Å²) in [4.78, 5) is 2.31. The van der Waals surface area contributed by atoms with Crippen molar-refractivity contribution in [2.75, 3.05) is 27.2 Å². The molecule has 0 amide bonds. The number of ether oxygens (including phenoxy) is 5. The molecule has 1 atom stereocenters. The average molecular weight is 353 g/mol. The summed E-state index contributed by atoms with van der Waals surface area (Å²) in [6.07, 6.45) is 1.74. The highest BCUT2D eigenvalue weighted by molar-refractivity contribution is 5.55. The van der Waals surface area contributed by atoms with E-state index in [9.17, 15) is 0 Å². The lowest BCUT2D eigenvalue weighted by atomic mass is 9.82. The summed E-state index contributed by atoms with van der Waals surface area (Å²) in [5.74, 6) is 3.28. The molecular formula is C20H19NO5. The number of rotatable bonds is 0. The molecule has 26 heavy (non-hydrogen) atoms. The van der Waals surface area contributed by atoms with E-state index in [1.807, 2.05) is 6.07 Å². The van der Waals surface area contributed by atoms with Crippen LogP contribution in [0.15, 0.2) is 24.3 Å². The van der Waals surface area contributed by atoms with Crippen molar-refractivity contribution in [2.45, 2.75) is 25.2 Å². The molecule has 0 radical (unpaired) electrons. The van der Waals surface area contributed by atoms with Crippen LogP contribution in [0.5, 0.6) is 23.0 Å². The largest absolute Gasteiger partial charge is 0.454 e. The molecule has 2 aromatic rings. The zero-order valence-electron chi connectivity index (χ0n) is 14.5. The van der Waals surface area contributed by atoms with Crippen LogP contribution in [0, 0.1) is 0 Å². The standard InChI is InChI=1S/C20H19NO5/c1-21-5-4-12-6-17-18(24-10-23-17)7-15(12)20(21)8-13-2-3-16-19(25-11-22-16)14(13)9-26-20/h2-3,6-7H,4-5,8-11H2,1H3/t20-/m1/s1. The zero-order valence-corrected chi connectivity index (χ0v) is 14.5. The first kappa shape index (κ1) is 14.7. The first-order valence-corrected chi connectivity index (χ1v) is 8.93. The summed E-state index contributed by atoms with van der Waals surface area (Å²) in [6, 6.07) is 8.36. The van der Waals surface area contributed by atoms with Crippen molar-refractivity contribution in [1.82, 2.24) is 4.90 Å². The maximum absolute atomic E-state index is 6.55. The molecule has 0 saturated carbocycles. The zero-order chi connectivity index (χ0) is 17.3. The molecule has 0 saturated heterocycles. The minimum atomic E-state index is -0.491. The van der Waals surface area contributed by atoms with Gasteiger partial charge in [-0.15, -0.1) is 0 Å². The number of fused-ring (bicyclic) bond motifs is 6. The fourth-order valence-electron chi connectivity index (χ4n) is 4.54. The lowest BCUT2D eigenvalue weighted by Crippen LogP contribution is -2.53. The predicted molar refractivity (Wildman–Crippen MR) is 91.6 cm³/mol. The highest BCUT2D eigenvalue weighted by atomic mass is 16.7. The van der Waals surface area contributed by atoms with Crippen molar-refractivity contribution in [3.63, 3.8) is 0 Å². The lowest BCUT2D eigenvalue weighted by molar-refractivity contribution is -0.177. The molecule has 0 N–H and O–H groups in total. The normalized spacial score (nSPS) is 25.3. The molecule has 6 heteroatoms. The van der Waals surface area contributed by atoms with Gasteiger partial charge in [-0.3, -0.25) is 4.90 Å². The van der Waals surface area contributed by atoms with Crippen molar-refractivity contribution in [1.29, 1.82) is 0 Å². The van der Waals surface area contributed by atoms with Gasteiger partial charge in [0.1, 0.15) is 0 Å². The van der Waals surface area contributed by atoms with Crippen LogP contribution in [0.1, 0.15) is 22.3 Å². The van der Waals surface area contributed by atoms with Crippen molar-refractivity contribution < 1.29 is 23.7 Å². The SMILES string of the molecule is CN1CCc2cc3c(cc2[C@]12Cc1ccc4c(c1CO2)OCO4)OCO3. The Balaban J connectivity index is 1.49. The predicted octanol–water partition coefficient (Wildman–Crippen LogP) is 2.56. The summed E-state index contributed by atoms with van der Waals surface area (Å²) >= 11 is 0. The number of likely N-dealkylation sites (N-methyl/N-ethyl adjacent to an activating group) is 1. The molecule has 0 aliphatic carbocycles. The summed E-state index contributed by atoms with van der Waals surface area (Å²) in [5, 5.41) is 0. The number of nitrogens with zero attached hydrogens (tertiary/aromatic N) is 1. The van der Waals surface area contributed by atoms with Crippen molar-refractivity contribution in [3.8, 4) is 23.0 Å². The summed E-state index contributed by atoms with van der Waals surface area (Å²) in [5.41, 5.74) is 4.31. The van der Waals surface area contributed by atoms with E-state index in [0.717, 1.165) is 47.9 Å². The fourth-order valence-corrected chi connectivity index (χ4v) is 4.54. The molecule has 0 aromatic heterocycles. The van der Waals surface area contributed by atoms with Gasteiger partial charge >= 0.3 is 0 Å². The highest BCUT2D eigenvalue weighted by Gasteiger charge is 2.46. The number of benzene rings is 2. The van der Waals surface area contributed by atoms with E-state index in [0.29, 0.717) is 6.61 Å². The molecule has 0 unspecified atom stereocenters. The Labute approximate surface area is 151 Å². The second-order valence-electron chi connectivity index (χ2n) is 7.22. The topological polar surface area (TPSA) is 49.4 Å². The molecule has 6 rings (SSSR count). The van der Waals surface area contributed by atoms with Gasteiger partial charge in [-0.1, -0.05) is 6.07 Å². The molecule has 1 spiro atoms.